The molecule has 0 aliphatic heterocycles. The fraction of sp³-hybridized carbons (Fsp3) is 0.545. The van der Waals surface area contributed by atoms with Crippen molar-refractivity contribution in [1.82, 2.24) is 10.3 Å². The Morgan fingerprint density at radius 2 is 2.39 bits per heavy atom. The highest BCUT2D eigenvalue weighted by atomic mass is 32.1. The quantitative estimate of drug-likeness (QED) is 0.324. The summed E-state index contributed by atoms with van der Waals surface area (Å²) >= 11 is 1.49. The second-order valence-corrected chi connectivity index (χ2v) is 5.15. The van der Waals surface area contributed by atoms with Gasteiger partial charge in [-0.15, -0.1) is 11.3 Å². The molecule has 1 aromatic heterocycles. The summed E-state index contributed by atoms with van der Waals surface area (Å²) < 4.78 is 0. The maximum Gasteiger partial charge on any atom is 0.233 e. The van der Waals surface area contributed by atoms with E-state index in [1.165, 1.54) is 11.3 Å². The molecule has 7 heteroatoms. The number of nitrogens with zero attached hydrogens (tertiary/aromatic N) is 2. The largest absolute Gasteiger partial charge is 0.409 e. The fourth-order valence-electron chi connectivity index (χ4n) is 1.42. The minimum Gasteiger partial charge on any atom is -0.409 e. The predicted molar refractivity (Wildman–Crippen MR) is 70.5 cm³/mol. The van der Waals surface area contributed by atoms with Crippen LogP contribution >= 0.6 is 11.3 Å². The summed E-state index contributed by atoms with van der Waals surface area (Å²) in [6.07, 6.45) is 0.455. The van der Waals surface area contributed by atoms with Crippen LogP contribution in [0.2, 0.25) is 0 Å². The first kappa shape index (κ1) is 14.4. The molecule has 0 spiro atoms. The molecule has 0 saturated heterocycles. The van der Waals surface area contributed by atoms with Crippen molar-refractivity contribution in [1.29, 1.82) is 0 Å². The molecule has 0 radical (unpaired) electrons. The predicted octanol–water partition coefficient (Wildman–Crippen LogP) is 1.23. The van der Waals surface area contributed by atoms with Gasteiger partial charge < -0.3 is 16.3 Å². The van der Waals surface area contributed by atoms with Gasteiger partial charge in [-0.05, 0) is 20.3 Å². The van der Waals surface area contributed by atoms with E-state index in [9.17, 15) is 4.79 Å². The van der Waals surface area contributed by atoms with Gasteiger partial charge in [0, 0.05) is 4.88 Å². The highest BCUT2D eigenvalue weighted by Gasteiger charge is 2.36. The summed E-state index contributed by atoms with van der Waals surface area (Å²) in [5.74, 6) is -0.336. The maximum absolute atomic E-state index is 12.1. The number of carbonyl (C=O) groups is 1. The smallest absolute Gasteiger partial charge is 0.233 e. The average molecular weight is 270 g/mol. The summed E-state index contributed by atoms with van der Waals surface area (Å²) in [5, 5.41) is 14.5. The number of hydrogen-bond donors (Lipinski definition) is 3. The Bertz CT molecular complexity index is 458. The molecule has 100 valence electrons. The minimum atomic E-state index is -0.993. The molecular weight excluding hydrogens is 252 g/mol. The van der Waals surface area contributed by atoms with Crippen LogP contribution in [-0.4, -0.2) is 21.9 Å². The number of rotatable bonds is 5. The summed E-state index contributed by atoms with van der Waals surface area (Å²) in [6.45, 7) is 5.76. The lowest BCUT2D eigenvalue weighted by atomic mass is 9.85. The molecule has 6 nitrogen and oxygen atoms in total. The van der Waals surface area contributed by atoms with Crippen LogP contribution in [0.3, 0.4) is 0 Å². The van der Waals surface area contributed by atoms with E-state index < -0.39 is 5.41 Å². The molecule has 1 amide bonds. The first-order valence-electron chi connectivity index (χ1n) is 5.61. The third kappa shape index (κ3) is 2.79. The van der Waals surface area contributed by atoms with Crippen LogP contribution in [0, 0.1) is 12.3 Å². The molecule has 1 atom stereocenters. The Morgan fingerprint density at radius 1 is 1.72 bits per heavy atom. The van der Waals surface area contributed by atoms with Gasteiger partial charge in [0.05, 0.1) is 17.7 Å². The van der Waals surface area contributed by atoms with E-state index in [1.807, 2.05) is 13.8 Å². The van der Waals surface area contributed by atoms with Gasteiger partial charge in [-0.1, -0.05) is 12.1 Å². The summed E-state index contributed by atoms with van der Waals surface area (Å²) in [5.41, 5.74) is 7.22. The van der Waals surface area contributed by atoms with E-state index in [2.05, 4.69) is 15.5 Å². The van der Waals surface area contributed by atoms with Crippen LogP contribution in [0.4, 0.5) is 0 Å². The summed E-state index contributed by atoms with van der Waals surface area (Å²) in [4.78, 5) is 17.2. The van der Waals surface area contributed by atoms with Crippen molar-refractivity contribution < 1.29 is 10.0 Å². The first-order chi connectivity index (χ1) is 8.45. The summed E-state index contributed by atoms with van der Waals surface area (Å²) in [6, 6.07) is 0. The number of hydrogen-bond acceptors (Lipinski definition) is 5. The van der Waals surface area contributed by atoms with Crippen molar-refractivity contribution in [3.63, 3.8) is 0 Å². The number of aromatic nitrogens is 1. The van der Waals surface area contributed by atoms with Crippen LogP contribution in [0.1, 0.15) is 30.8 Å². The fourth-order valence-corrected chi connectivity index (χ4v) is 2.14. The third-order valence-corrected chi connectivity index (χ3v) is 4.07. The number of oxime groups is 1. The molecular formula is C11H18N4O2S. The van der Waals surface area contributed by atoms with Crippen molar-refractivity contribution in [3.05, 3.63) is 16.1 Å². The molecule has 1 rings (SSSR count). The normalized spacial score (nSPS) is 15.2. The number of thiazole rings is 1. The maximum atomic E-state index is 12.1. The van der Waals surface area contributed by atoms with Crippen LogP contribution in [-0.2, 0) is 11.3 Å². The lowest BCUT2D eigenvalue weighted by molar-refractivity contribution is -0.127. The van der Waals surface area contributed by atoms with Crippen molar-refractivity contribution in [2.45, 2.75) is 33.7 Å². The van der Waals surface area contributed by atoms with Crippen LogP contribution < -0.4 is 11.1 Å². The average Bonchev–Trinajstić information content (AvgIpc) is 2.79. The van der Waals surface area contributed by atoms with E-state index in [4.69, 9.17) is 10.9 Å². The third-order valence-electron chi connectivity index (χ3n) is 3.14. The van der Waals surface area contributed by atoms with Gasteiger partial charge in [-0.25, -0.2) is 4.98 Å². The van der Waals surface area contributed by atoms with Gasteiger partial charge in [0.2, 0.25) is 5.91 Å². The van der Waals surface area contributed by atoms with Gasteiger partial charge in [-0.2, -0.15) is 0 Å². The monoisotopic (exact) mass is 270 g/mol. The minimum absolute atomic E-state index is 0.0801. The zero-order valence-corrected chi connectivity index (χ0v) is 11.5. The second-order valence-electron chi connectivity index (χ2n) is 4.21. The Kier molecular flexibility index (Phi) is 4.66. The van der Waals surface area contributed by atoms with E-state index in [0.29, 0.717) is 13.0 Å². The Labute approximate surface area is 110 Å². The molecule has 4 N–H and O–H groups in total. The lowest BCUT2D eigenvalue weighted by Gasteiger charge is -2.25. The van der Waals surface area contributed by atoms with E-state index in [-0.39, 0.29) is 11.7 Å². The van der Waals surface area contributed by atoms with Gasteiger partial charge in [0.25, 0.3) is 0 Å². The number of amides is 1. The molecule has 0 aromatic carbocycles. The standard InChI is InChI=1S/C11H18N4O2S/c1-4-11(3,9(12)15-17)10(16)13-5-8-7(2)14-6-18-8/h6,17H,4-5H2,1-3H3,(H2,12,15)(H,13,16). The Morgan fingerprint density at radius 3 is 2.83 bits per heavy atom. The van der Waals surface area contributed by atoms with E-state index in [1.54, 1.807) is 12.4 Å². The van der Waals surface area contributed by atoms with Crippen molar-refractivity contribution in [2.75, 3.05) is 0 Å². The molecule has 0 bridgehead atoms. The number of nitrogens with two attached hydrogens (primary N) is 1. The number of aryl methyl sites for hydroxylation is 1. The van der Waals surface area contributed by atoms with Gasteiger partial charge in [-0.3, -0.25) is 4.79 Å². The summed E-state index contributed by atoms with van der Waals surface area (Å²) in [7, 11) is 0. The Hall–Kier alpha value is -1.63. The van der Waals surface area contributed by atoms with Crippen LogP contribution in [0.5, 0.6) is 0 Å². The second kappa shape index (κ2) is 5.81. The molecule has 1 heterocycles. The zero-order chi connectivity index (χ0) is 13.8. The molecule has 0 aliphatic carbocycles. The highest BCUT2D eigenvalue weighted by Crippen LogP contribution is 2.22. The first-order valence-corrected chi connectivity index (χ1v) is 6.49. The van der Waals surface area contributed by atoms with E-state index in [0.717, 1.165) is 10.6 Å². The van der Waals surface area contributed by atoms with Crippen molar-refractivity contribution in [3.8, 4) is 0 Å². The number of nitrogens with one attached hydrogen (secondary N) is 1. The molecule has 0 aliphatic rings. The Balaban J connectivity index is 2.73. The molecule has 1 aromatic rings. The molecule has 18 heavy (non-hydrogen) atoms. The topological polar surface area (TPSA) is 101 Å². The lowest BCUT2D eigenvalue weighted by Crippen LogP contribution is -2.47. The van der Waals surface area contributed by atoms with Gasteiger partial charge in [0.15, 0.2) is 5.84 Å². The van der Waals surface area contributed by atoms with Crippen molar-refractivity contribution in [2.24, 2.45) is 16.3 Å². The SMILES string of the molecule is CCC(C)(C(=O)NCc1scnc1C)C(N)=NO. The van der Waals surface area contributed by atoms with Crippen LogP contribution in [0.25, 0.3) is 0 Å². The van der Waals surface area contributed by atoms with Gasteiger partial charge >= 0.3 is 0 Å². The number of carbonyl (C=O) groups excluding carboxylic acids is 1. The van der Waals surface area contributed by atoms with Crippen molar-refractivity contribution >= 4 is 23.1 Å². The van der Waals surface area contributed by atoms with E-state index >= 15 is 0 Å². The molecule has 1 unspecified atom stereocenters. The van der Waals surface area contributed by atoms with Gasteiger partial charge in [0.1, 0.15) is 5.41 Å². The number of amidine groups is 1. The van der Waals surface area contributed by atoms with Crippen LogP contribution in [0.15, 0.2) is 10.7 Å². The molecule has 0 saturated carbocycles. The highest BCUT2D eigenvalue weighted by molar-refractivity contribution is 7.09. The molecule has 0 fully saturated rings. The zero-order valence-electron chi connectivity index (χ0n) is 10.7.